The van der Waals surface area contributed by atoms with Crippen LogP contribution >= 0.6 is 0 Å². The molecule has 6 nitrogen and oxygen atoms in total. The van der Waals surface area contributed by atoms with Crippen molar-refractivity contribution in [2.75, 3.05) is 7.11 Å². The predicted octanol–water partition coefficient (Wildman–Crippen LogP) is 3.01. The van der Waals surface area contributed by atoms with E-state index in [1.54, 1.807) is 31.4 Å². The summed E-state index contributed by atoms with van der Waals surface area (Å²) in [5.41, 5.74) is 1.87. The summed E-state index contributed by atoms with van der Waals surface area (Å²) in [5.74, 6) is 0.538. The van der Waals surface area contributed by atoms with Crippen molar-refractivity contribution >= 4 is 15.9 Å². The van der Waals surface area contributed by atoms with Gasteiger partial charge in [-0.25, -0.2) is 8.42 Å². The molecule has 0 aliphatic rings. The lowest BCUT2D eigenvalue weighted by Crippen LogP contribution is -2.47. The van der Waals surface area contributed by atoms with Crippen LogP contribution in [0.3, 0.4) is 0 Å². The topological polar surface area (TPSA) is 84.5 Å². The van der Waals surface area contributed by atoms with Crippen molar-refractivity contribution in [2.24, 2.45) is 5.92 Å². The highest BCUT2D eigenvalue weighted by Crippen LogP contribution is 2.14. The number of hydrogen-bond donors (Lipinski definition) is 2. The molecule has 7 heteroatoms. The number of amides is 1. The van der Waals surface area contributed by atoms with Gasteiger partial charge >= 0.3 is 0 Å². The van der Waals surface area contributed by atoms with Crippen LogP contribution in [0.5, 0.6) is 5.75 Å². The molecule has 0 saturated heterocycles. The summed E-state index contributed by atoms with van der Waals surface area (Å²) in [6, 6.07) is 13.0. The van der Waals surface area contributed by atoms with Crippen LogP contribution in [0.2, 0.25) is 0 Å². The van der Waals surface area contributed by atoms with Crippen molar-refractivity contribution in [2.45, 2.75) is 44.7 Å². The van der Waals surface area contributed by atoms with Crippen LogP contribution in [0.1, 0.15) is 31.4 Å². The molecule has 0 aromatic heterocycles. The van der Waals surface area contributed by atoms with Gasteiger partial charge in [0.05, 0.1) is 12.0 Å². The van der Waals surface area contributed by atoms with E-state index in [-0.39, 0.29) is 16.7 Å². The Morgan fingerprint density at radius 2 is 1.64 bits per heavy atom. The van der Waals surface area contributed by atoms with E-state index in [1.165, 1.54) is 0 Å². The molecule has 0 bridgehead atoms. The summed E-state index contributed by atoms with van der Waals surface area (Å²) in [5, 5.41) is 2.82. The van der Waals surface area contributed by atoms with Gasteiger partial charge in [-0.3, -0.25) is 4.79 Å². The third kappa shape index (κ3) is 6.35. The second-order valence-electron chi connectivity index (χ2n) is 7.18. The Kier molecular flexibility index (Phi) is 7.60. The molecule has 0 spiro atoms. The summed E-state index contributed by atoms with van der Waals surface area (Å²) >= 11 is 0. The van der Waals surface area contributed by atoms with E-state index in [2.05, 4.69) is 10.0 Å². The first-order chi connectivity index (χ1) is 13.2. The van der Waals surface area contributed by atoms with Gasteiger partial charge in [0, 0.05) is 6.54 Å². The van der Waals surface area contributed by atoms with Crippen LogP contribution in [-0.2, 0) is 21.4 Å². The number of rotatable bonds is 9. The minimum absolute atomic E-state index is 0.148. The normalized spacial score (nSPS) is 12.6. The number of ether oxygens (including phenoxy) is 1. The Labute approximate surface area is 167 Å². The van der Waals surface area contributed by atoms with Gasteiger partial charge in [0.25, 0.3) is 0 Å². The van der Waals surface area contributed by atoms with E-state index >= 15 is 0 Å². The van der Waals surface area contributed by atoms with Gasteiger partial charge in [0.1, 0.15) is 11.8 Å². The van der Waals surface area contributed by atoms with E-state index in [1.807, 2.05) is 45.0 Å². The summed E-state index contributed by atoms with van der Waals surface area (Å²) in [7, 11) is -2.20. The summed E-state index contributed by atoms with van der Waals surface area (Å²) in [4.78, 5) is 12.8. The molecule has 2 N–H and O–H groups in total. The first kappa shape index (κ1) is 21.9. The number of hydrogen-bond acceptors (Lipinski definition) is 4. The second kappa shape index (κ2) is 9.71. The van der Waals surface area contributed by atoms with Crippen molar-refractivity contribution in [3.05, 3.63) is 59.7 Å². The van der Waals surface area contributed by atoms with Crippen LogP contribution in [-0.4, -0.2) is 27.5 Å². The van der Waals surface area contributed by atoms with Gasteiger partial charge in [-0.15, -0.1) is 0 Å². The Hall–Kier alpha value is -2.38. The highest BCUT2D eigenvalue weighted by molar-refractivity contribution is 7.89. The number of carbonyl (C=O) groups is 1. The third-order valence-electron chi connectivity index (χ3n) is 4.28. The van der Waals surface area contributed by atoms with Crippen LogP contribution in [0.25, 0.3) is 0 Å². The Balaban J connectivity index is 2.08. The highest BCUT2D eigenvalue weighted by Gasteiger charge is 2.26. The van der Waals surface area contributed by atoms with Crippen molar-refractivity contribution in [3.63, 3.8) is 0 Å². The van der Waals surface area contributed by atoms with Gasteiger partial charge in [-0.1, -0.05) is 43.7 Å². The molecular weight excluding hydrogens is 376 g/mol. The molecule has 1 amide bonds. The number of nitrogens with one attached hydrogen (secondary N) is 2. The second-order valence-corrected chi connectivity index (χ2v) is 8.90. The number of methoxy groups -OCH3 is 1. The minimum Gasteiger partial charge on any atom is -0.497 e. The molecule has 0 heterocycles. The standard InChI is InChI=1S/C21H28N2O4S/c1-15(2)13-20(23-28(25,26)19-11-5-16(3)6-12-19)21(24)22-14-17-7-9-18(27-4)10-8-17/h5-12,15,20,23H,13-14H2,1-4H3,(H,22,24)/t20-/m1/s1. The van der Waals surface area contributed by atoms with E-state index in [0.717, 1.165) is 16.9 Å². The lowest BCUT2D eigenvalue weighted by Gasteiger charge is -2.20. The Morgan fingerprint density at radius 3 is 2.18 bits per heavy atom. The number of benzene rings is 2. The minimum atomic E-state index is -3.79. The largest absolute Gasteiger partial charge is 0.497 e. The van der Waals surface area contributed by atoms with Gasteiger partial charge in [0.15, 0.2) is 0 Å². The molecule has 152 valence electrons. The van der Waals surface area contributed by atoms with Crippen molar-refractivity contribution in [1.29, 1.82) is 0 Å². The zero-order valence-corrected chi connectivity index (χ0v) is 17.5. The fourth-order valence-electron chi connectivity index (χ4n) is 2.71. The summed E-state index contributed by atoms with van der Waals surface area (Å²) in [6.45, 7) is 6.09. The maximum absolute atomic E-state index is 12.7. The van der Waals surface area contributed by atoms with Gasteiger partial charge < -0.3 is 10.1 Å². The maximum atomic E-state index is 12.7. The van der Waals surface area contributed by atoms with Gasteiger partial charge in [-0.05, 0) is 49.1 Å². The summed E-state index contributed by atoms with van der Waals surface area (Å²) < 4.78 is 33.0. The third-order valence-corrected chi connectivity index (χ3v) is 5.77. The molecule has 0 aliphatic heterocycles. The first-order valence-corrected chi connectivity index (χ1v) is 10.7. The van der Waals surface area contributed by atoms with E-state index in [4.69, 9.17) is 4.74 Å². The lowest BCUT2D eigenvalue weighted by atomic mass is 10.0. The predicted molar refractivity (Wildman–Crippen MR) is 110 cm³/mol. The van der Waals surface area contributed by atoms with Gasteiger partial charge in [0.2, 0.25) is 15.9 Å². The van der Waals surface area contributed by atoms with Crippen LogP contribution in [0, 0.1) is 12.8 Å². The van der Waals surface area contributed by atoms with E-state index < -0.39 is 16.1 Å². The monoisotopic (exact) mass is 404 g/mol. The SMILES string of the molecule is COc1ccc(CNC(=O)[C@@H](CC(C)C)NS(=O)(=O)c2ccc(C)cc2)cc1. The Bertz CT molecular complexity index is 876. The van der Waals surface area contributed by atoms with Crippen molar-refractivity contribution in [1.82, 2.24) is 10.0 Å². The zero-order valence-electron chi connectivity index (χ0n) is 16.7. The first-order valence-electron chi connectivity index (χ1n) is 9.21. The fourth-order valence-corrected chi connectivity index (χ4v) is 3.92. The molecule has 0 unspecified atom stereocenters. The molecule has 1 atom stereocenters. The smallest absolute Gasteiger partial charge is 0.241 e. The zero-order chi connectivity index (χ0) is 20.7. The molecule has 0 radical (unpaired) electrons. The van der Waals surface area contributed by atoms with Crippen LogP contribution in [0.4, 0.5) is 0 Å². The van der Waals surface area contributed by atoms with Gasteiger partial charge in [-0.2, -0.15) is 4.72 Å². The molecule has 2 aromatic carbocycles. The maximum Gasteiger partial charge on any atom is 0.241 e. The lowest BCUT2D eigenvalue weighted by molar-refractivity contribution is -0.123. The number of carbonyl (C=O) groups excluding carboxylic acids is 1. The van der Waals surface area contributed by atoms with Crippen LogP contribution in [0.15, 0.2) is 53.4 Å². The fraction of sp³-hybridized carbons (Fsp3) is 0.381. The quantitative estimate of drug-likeness (QED) is 0.673. The average Bonchev–Trinajstić information content (AvgIpc) is 2.65. The molecular formula is C21H28N2O4S. The van der Waals surface area contributed by atoms with Crippen molar-refractivity contribution < 1.29 is 17.9 Å². The highest BCUT2D eigenvalue weighted by atomic mass is 32.2. The average molecular weight is 405 g/mol. The molecule has 0 aliphatic carbocycles. The van der Waals surface area contributed by atoms with Crippen molar-refractivity contribution in [3.8, 4) is 5.75 Å². The Morgan fingerprint density at radius 1 is 1.04 bits per heavy atom. The number of sulfonamides is 1. The summed E-state index contributed by atoms with van der Waals surface area (Å²) in [6.07, 6.45) is 0.402. The van der Waals surface area contributed by atoms with Crippen LogP contribution < -0.4 is 14.8 Å². The molecule has 2 rings (SSSR count). The molecule has 28 heavy (non-hydrogen) atoms. The van der Waals surface area contributed by atoms with E-state index in [9.17, 15) is 13.2 Å². The molecule has 2 aromatic rings. The number of aryl methyl sites for hydroxylation is 1. The molecule has 0 saturated carbocycles. The van der Waals surface area contributed by atoms with E-state index in [0.29, 0.717) is 13.0 Å². The molecule has 0 fully saturated rings.